The summed E-state index contributed by atoms with van der Waals surface area (Å²) in [5.41, 5.74) is 0.867. The second-order valence-electron chi connectivity index (χ2n) is 6.21. The quantitative estimate of drug-likeness (QED) is 0.788. The van der Waals surface area contributed by atoms with Gasteiger partial charge in [-0.25, -0.2) is 0 Å². The number of nitrogens with one attached hydrogen (secondary N) is 1. The predicted molar refractivity (Wildman–Crippen MR) is 93.0 cm³/mol. The molecule has 0 aromatic heterocycles. The molecule has 1 aliphatic heterocycles. The van der Waals surface area contributed by atoms with Crippen LogP contribution in [0.15, 0.2) is 24.3 Å². The van der Waals surface area contributed by atoms with Crippen LogP contribution in [0.4, 0.5) is 5.69 Å². The van der Waals surface area contributed by atoms with E-state index >= 15 is 0 Å². The van der Waals surface area contributed by atoms with E-state index in [-0.39, 0.29) is 49.1 Å². The number of likely N-dealkylation sites (N-methyl/N-ethyl adjacent to an activating group) is 1. The molecule has 0 unspecified atom stereocenters. The normalized spacial score (nSPS) is 14.2. The maximum absolute atomic E-state index is 12.6. The molecule has 0 atom stereocenters. The second-order valence-corrected chi connectivity index (χ2v) is 6.21. The van der Waals surface area contributed by atoms with Gasteiger partial charge < -0.3 is 10.2 Å². The van der Waals surface area contributed by atoms with Gasteiger partial charge in [0.15, 0.2) is 0 Å². The first-order chi connectivity index (χ1) is 11.8. The summed E-state index contributed by atoms with van der Waals surface area (Å²) in [6, 6.07) is 6.31. The van der Waals surface area contributed by atoms with Crippen molar-refractivity contribution >= 4 is 29.3 Å². The van der Waals surface area contributed by atoms with Gasteiger partial charge >= 0.3 is 0 Å². The van der Waals surface area contributed by atoms with Crippen LogP contribution in [0.5, 0.6) is 0 Å². The van der Waals surface area contributed by atoms with Crippen LogP contribution in [-0.2, 0) is 14.4 Å². The van der Waals surface area contributed by atoms with Gasteiger partial charge in [-0.15, -0.1) is 0 Å². The van der Waals surface area contributed by atoms with E-state index in [1.165, 1.54) is 4.90 Å². The molecule has 7 nitrogen and oxygen atoms in total. The first-order valence-electron chi connectivity index (χ1n) is 8.38. The molecule has 1 fully saturated rings. The molecule has 0 spiro atoms. The van der Waals surface area contributed by atoms with Gasteiger partial charge in [-0.3, -0.25) is 24.1 Å². The summed E-state index contributed by atoms with van der Waals surface area (Å²) in [4.78, 5) is 50.5. The fourth-order valence-corrected chi connectivity index (χ4v) is 2.67. The average Bonchev–Trinajstić information content (AvgIpc) is 2.90. The Morgan fingerprint density at radius 3 is 2.16 bits per heavy atom. The van der Waals surface area contributed by atoms with Crippen molar-refractivity contribution in [2.75, 3.05) is 18.0 Å². The molecule has 7 heteroatoms. The molecule has 0 aliphatic carbocycles. The number of rotatable bonds is 6. The standard InChI is InChI=1S/C18H23N3O4/c1-4-20(11-15(22)19-12(2)3)18(25)13-5-7-14(8-6-13)21-16(23)9-10-17(21)24/h5-8,12H,4,9-11H2,1-3H3,(H,19,22). The van der Waals surface area contributed by atoms with Crippen LogP contribution in [0.25, 0.3) is 0 Å². The number of amides is 4. The number of benzene rings is 1. The van der Waals surface area contributed by atoms with Gasteiger partial charge in [-0.1, -0.05) is 0 Å². The van der Waals surface area contributed by atoms with Crippen LogP contribution in [0.3, 0.4) is 0 Å². The Hall–Kier alpha value is -2.70. The van der Waals surface area contributed by atoms with Gasteiger partial charge in [-0.05, 0) is 45.0 Å². The number of carbonyl (C=O) groups excluding carboxylic acids is 4. The highest BCUT2D eigenvalue weighted by Crippen LogP contribution is 2.23. The topological polar surface area (TPSA) is 86.8 Å². The zero-order valence-corrected chi connectivity index (χ0v) is 14.7. The van der Waals surface area contributed by atoms with Gasteiger partial charge in [0.25, 0.3) is 5.91 Å². The lowest BCUT2D eigenvalue weighted by molar-refractivity contribution is -0.123. The largest absolute Gasteiger partial charge is 0.352 e. The van der Waals surface area contributed by atoms with Crippen LogP contribution >= 0.6 is 0 Å². The summed E-state index contributed by atoms with van der Waals surface area (Å²) in [5.74, 6) is -0.948. The predicted octanol–water partition coefficient (Wildman–Crippen LogP) is 1.33. The number of carbonyl (C=O) groups is 4. The smallest absolute Gasteiger partial charge is 0.254 e. The van der Waals surface area contributed by atoms with Crippen molar-refractivity contribution in [2.45, 2.75) is 39.7 Å². The Morgan fingerprint density at radius 2 is 1.68 bits per heavy atom. The zero-order valence-electron chi connectivity index (χ0n) is 14.7. The molecule has 1 aliphatic rings. The van der Waals surface area contributed by atoms with E-state index < -0.39 is 0 Å². The van der Waals surface area contributed by atoms with Crippen LogP contribution in [0.2, 0.25) is 0 Å². The third kappa shape index (κ3) is 4.43. The van der Waals surface area contributed by atoms with Gasteiger partial charge in [0.2, 0.25) is 17.7 Å². The van der Waals surface area contributed by atoms with Crippen molar-refractivity contribution < 1.29 is 19.2 Å². The van der Waals surface area contributed by atoms with Gasteiger partial charge in [0, 0.05) is 31.0 Å². The van der Waals surface area contributed by atoms with Gasteiger partial charge in [0.05, 0.1) is 12.2 Å². The van der Waals surface area contributed by atoms with Crippen molar-refractivity contribution in [1.82, 2.24) is 10.2 Å². The van der Waals surface area contributed by atoms with Crippen LogP contribution in [-0.4, -0.2) is 47.7 Å². The molecule has 1 aromatic rings. The lowest BCUT2D eigenvalue weighted by Gasteiger charge is -2.21. The SMILES string of the molecule is CCN(CC(=O)NC(C)C)C(=O)c1ccc(N2C(=O)CCC2=O)cc1. The number of anilines is 1. The molecule has 1 N–H and O–H groups in total. The van der Waals surface area contributed by atoms with E-state index in [0.717, 1.165) is 4.90 Å². The highest BCUT2D eigenvalue weighted by atomic mass is 16.2. The van der Waals surface area contributed by atoms with E-state index in [9.17, 15) is 19.2 Å². The summed E-state index contributed by atoms with van der Waals surface area (Å²) in [5, 5.41) is 2.76. The Balaban J connectivity index is 2.09. The van der Waals surface area contributed by atoms with Crippen molar-refractivity contribution in [3.05, 3.63) is 29.8 Å². The highest BCUT2D eigenvalue weighted by Gasteiger charge is 2.30. The van der Waals surface area contributed by atoms with E-state index in [0.29, 0.717) is 17.8 Å². The Kier molecular flexibility index (Phi) is 5.90. The minimum atomic E-state index is -0.271. The molecular weight excluding hydrogens is 322 g/mol. The molecule has 0 bridgehead atoms. The molecule has 0 radical (unpaired) electrons. The maximum Gasteiger partial charge on any atom is 0.254 e. The molecule has 2 rings (SSSR count). The summed E-state index contributed by atoms with van der Waals surface area (Å²) in [7, 11) is 0. The van der Waals surface area contributed by atoms with Gasteiger partial charge in [-0.2, -0.15) is 0 Å². The summed E-state index contributed by atoms with van der Waals surface area (Å²) in [6.07, 6.45) is 0.433. The minimum absolute atomic E-state index is 0.0103. The van der Waals surface area contributed by atoms with E-state index in [1.54, 1.807) is 31.2 Å². The van der Waals surface area contributed by atoms with Crippen molar-refractivity contribution in [2.24, 2.45) is 0 Å². The molecule has 1 saturated heterocycles. The summed E-state index contributed by atoms with van der Waals surface area (Å²) >= 11 is 0. The van der Waals surface area contributed by atoms with E-state index in [4.69, 9.17) is 0 Å². The average molecular weight is 345 g/mol. The number of hydrogen-bond donors (Lipinski definition) is 1. The highest BCUT2D eigenvalue weighted by molar-refractivity contribution is 6.19. The van der Waals surface area contributed by atoms with Crippen LogP contribution < -0.4 is 10.2 Å². The summed E-state index contributed by atoms with van der Waals surface area (Å²) < 4.78 is 0. The molecule has 0 saturated carbocycles. The molecular formula is C18H23N3O4. The van der Waals surface area contributed by atoms with Crippen molar-refractivity contribution in [3.63, 3.8) is 0 Å². The third-order valence-electron chi connectivity index (χ3n) is 3.88. The first-order valence-corrected chi connectivity index (χ1v) is 8.38. The lowest BCUT2D eigenvalue weighted by atomic mass is 10.1. The van der Waals surface area contributed by atoms with Crippen molar-refractivity contribution in [3.8, 4) is 0 Å². The Morgan fingerprint density at radius 1 is 1.12 bits per heavy atom. The molecule has 25 heavy (non-hydrogen) atoms. The zero-order chi connectivity index (χ0) is 18.6. The maximum atomic E-state index is 12.6. The number of nitrogens with zero attached hydrogens (tertiary/aromatic N) is 2. The Bertz CT molecular complexity index is 666. The molecule has 1 heterocycles. The first kappa shape index (κ1) is 18.6. The molecule has 134 valence electrons. The fourth-order valence-electron chi connectivity index (χ4n) is 2.67. The fraction of sp³-hybridized carbons (Fsp3) is 0.444. The van der Waals surface area contributed by atoms with Crippen LogP contribution in [0.1, 0.15) is 44.0 Å². The molecule has 1 aromatic carbocycles. The lowest BCUT2D eigenvalue weighted by Crippen LogP contribution is -2.42. The minimum Gasteiger partial charge on any atom is -0.352 e. The number of hydrogen-bond acceptors (Lipinski definition) is 4. The van der Waals surface area contributed by atoms with E-state index in [1.807, 2.05) is 13.8 Å². The van der Waals surface area contributed by atoms with Crippen molar-refractivity contribution in [1.29, 1.82) is 0 Å². The van der Waals surface area contributed by atoms with Crippen LogP contribution in [0, 0.1) is 0 Å². The number of imide groups is 1. The van der Waals surface area contributed by atoms with Gasteiger partial charge in [0.1, 0.15) is 0 Å². The third-order valence-corrected chi connectivity index (χ3v) is 3.88. The summed E-state index contributed by atoms with van der Waals surface area (Å²) in [6.45, 7) is 5.90. The second kappa shape index (κ2) is 7.92. The Labute approximate surface area is 147 Å². The monoisotopic (exact) mass is 345 g/mol. The molecule has 4 amide bonds. The van der Waals surface area contributed by atoms with E-state index in [2.05, 4.69) is 5.32 Å².